The van der Waals surface area contributed by atoms with Crippen molar-refractivity contribution in [2.45, 2.75) is 0 Å². The van der Waals surface area contributed by atoms with Crippen LogP contribution in [-0.4, -0.2) is 10.4 Å². The summed E-state index contributed by atoms with van der Waals surface area (Å²) in [4.78, 5) is 9.46. The van der Waals surface area contributed by atoms with E-state index in [4.69, 9.17) is 0 Å². The Hall–Kier alpha value is -1.26. The van der Waals surface area contributed by atoms with Crippen LogP contribution in [0.1, 0.15) is 0 Å². The van der Waals surface area contributed by atoms with Gasteiger partial charge in [0.05, 0.1) is 0 Å². The molecule has 1 aromatic heterocycles. The maximum atomic E-state index is 9.46. The van der Waals surface area contributed by atoms with Gasteiger partial charge in [0.25, 0.3) is 5.82 Å². The first-order valence-electron chi connectivity index (χ1n) is 1.54. The van der Waals surface area contributed by atoms with Crippen LogP contribution in [0, 0.1) is 4.91 Å². The fourth-order valence-corrected chi connectivity index (χ4v) is 0.199. The highest BCUT2D eigenvalue weighted by Crippen LogP contribution is 2.00. The highest BCUT2D eigenvalue weighted by Gasteiger charge is 1.90. The number of nitroso groups, excluding NO2 is 1. The maximum Gasteiger partial charge on any atom is 0.258 e. The summed E-state index contributed by atoms with van der Waals surface area (Å²) in [6.07, 6.45) is 1.06. The number of nitrogens with zero attached hydrogens (tertiary/aromatic N) is 3. The van der Waals surface area contributed by atoms with Gasteiger partial charge in [-0.2, -0.15) is 0 Å². The molecular weight excluding hydrogens is 98.0 g/mol. The van der Waals surface area contributed by atoms with Crippen molar-refractivity contribution in [2.75, 3.05) is 0 Å². The zero-order valence-electron chi connectivity index (χ0n) is 3.24. The largest absolute Gasteiger partial charge is 0.343 e. The normalized spacial score (nSPS) is 8.57. The molecule has 0 N–H and O–H groups in total. The molecule has 0 aliphatic heterocycles. The van der Waals surface area contributed by atoms with Crippen LogP contribution in [0.4, 0.5) is 5.82 Å². The molecule has 0 radical (unpaired) electrons. The number of aromatic nitrogens is 2. The molecule has 5 heteroatoms. The minimum atomic E-state index is -0.0278. The van der Waals surface area contributed by atoms with Crippen molar-refractivity contribution in [3.8, 4) is 0 Å². The molecular formula is C2HN3O2. The van der Waals surface area contributed by atoms with Crippen molar-refractivity contribution in [3.05, 3.63) is 11.2 Å². The van der Waals surface area contributed by atoms with Gasteiger partial charge in [-0.3, -0.25) is 0 Å². The molecule has 5 nitrogen and oxygen atoms in total. The minimum Gasteiger partial charge on any atom is -0.343 e. The molecule has 0 aliphatic rings. The second kappa shape index (κ2) is 1.46. The van der Waals surface area contributed by atoms with Crippen molar-refractivity contribution in [3.63, 3.8) is 0 Å². The molecule has 1 heterocycles. The lowest BCUT2D eigenvalue weighted by molar-refractivity contribution is 0.393. The standard InChI is InChI=1S/C2HN3O2/c6-4-2-1-7-5-3-2/h1H. The average molecular weight is 99.0 g/mol. The number of rotatable bonds is 1. The van der Waals surface area contributed by atoms with Crippen LogP contribution >= 0.6 is 0 Å². The van der Waals surface area contributed by atoms with Gasteiger partial charge in [-0.05, 0) is 5.18 Å². The quantitative estimate of drug-likeness (QED) is 0.480. The van der Waals surface area contributed by atoms with E-state index in [0.717, 1.165) is 6.26 Å². The lowest BCUT2D eigenvalue weighted by Gasteiger charge is -1.58. The number of hydrogen-bond acceptors (Lipinski definition) is 5. The Labute approximate surface area is 38.3 Å². The summed E-state index contributed by atoms with van der Waals surface area (Å²) < 4.78 is 4.15. The van der Waals surface area contributed by atoms with Crippen molar-refractivity contribution < 1.29 is 4.52 Å². The average Bonchev–Trinajstić information content (AvgIpc) is 2.14. The smallest absolute Gasteiger partial charge is 0.258 e. The van der Waals surface area contributed by atoms with E-state index >= 15 is 0 Å². The zero-order chi connectivity index (χ0) is 5.11. The van der Waals surface area contributed by atoms with Crippen LogP contribution in [-0.2, 0) is 0 Å². The van der Waals surface area contributed by atoms with Crippen LogP contribution < -0.4 is 0 Å². The molecule has 1 aromatic rings. The van der Waals surface area contributed by atoms with Gasteiger partial charge in [-0.15, -0.1) is 4.91 Å². The monoisotopic (exact) mass is 99.0 g/mol. The van der Waals surface area contributed by atoms with Gasteiger partial charge in [0.2, 0.25) is 0 Å². The second-order valence-electron chi connectivity index (χ2n) is 0.854. The van der Waals surface area contributed by atoms with Gasteiger partial charge in [-0.1, -0.05) is 5.10 Å². The number of hydrogen-bond donors (Lipinski definition) is 0. The predicted octanol–water partition coefficient (Wildman–Crippen LogP) is 0.468. The molecule has 0 aromatic carbocycles. The Kier molecular flexibility index (Phi) is 0.816. The lowest BCUT2D eigenvalue weighted by atomic mass is 10.8. The van der Waals surface area contributed by atoms with E-state index in [1.54, 1.807) is 0 Å². The van der Waals surface area contributed by atoms with Crippen molar-refractivity contribution in [2.24, 2.45) is 5.18 Å². The Morgan fingerprint density at radius 2 is 2.71 bits per heavy atom. The summed E-state index contributed by atoms with van der Waals surface area (Å²) in [5.74, 6) is -0.0278. The van der Waals surface area contributed by atoms with E-state index in [-0.39, 0.29) is 5.82 Å². The Morgan fingerprint density at radius 1 is 1.86 bits per heavy atom. The molecule has 0 atom stereocenters. The van der Waals surface area contributed by atoms with Gasteiger partial charge in [-0.25, -0.2) is 0 Å². The molecule has 0 fully saturated rings. The van der Waals surface area contributed by atoms with Crippen LogP contribution in [0.3, 0.4) is 0 Å². The van der Waals surface area contributed by atoms with E-state index < -0.39 is 0 Å². The van der Waals surface area contributed by atoms with E-state index in [1.165, 1.54) is 0 Å². The molecule has 0 spiro atoms. The van der Waals surface area contributed by atoms with Gasteiger partial charge >= 0.3 is 0 Å². The van der Waals surface area contributed by atoms with Crippen molar-refractivity contribution >= 4 is 5.82 Å². The first kappa shape index (κ1) is 3.91. The van der Waals surface area contributed by atoms with Gasteiger partial charge < -0.3 is 4.52 Å². The first-order valence-corrected chi connectivity index (χ1v) is 1.54. The fourth-order valence-electron chi connectivity index (χ4n) is 0.199. The first-order chi connectivity index (χ1) is 3.43. The van der Waals surface area contributed by atoms with Crippen LogP contribution in [0.2, 0.25) is 0 Å². The molecule has 0 unspecified atom stereocenters. The second-order valence-corrected chi connectivity index (χ2v) is 0.854. The van der Waals surface area contributed by atoms with Crippen LogP contribution in [0.5, 0.6) is 0 Å². The lowest BCUT2D eigenvalue weighted by Crippen LogP contribution is -1.59. The summed E-state index contributed by atoms with van der Waals surface area (Å²) >= 11 is 0. The van der Waals surface area contributed by atoms with E-state index in [0.29, 0.717) is 0 Å². The summed E-state index contributed by atoms with van der Waals surface area (Å²) in [5.41, 5.74) is 0. The van der Waals surface area contributed by atoms with Crippen LogP contribution in [0.25, 0.3) is 0 Å². The molecule has 0 aliphatic carbocycles. The van der Waals surface area contributed by atoms with E-state index in [9.17, 15) is 4.91 Å². The van der Waals surface area contributed by atoms with Crippen molar-refractivity contribution in [1.29, 1.82) is 0 Å². The molecule has 0 saturated carbocycles. The topological polar surface area (TPSA) is 68.3 Å². The summed E-state index contributed by atoms with van der Waals surface area (Å²) in [5, 5.41) is 8.53. The third kappa shape index (κ3) is 0.594. The van der Waals surface area contributed by atoms with Crippen molar-refractivity contribution in [1.82, 2.24) is 10.4 Å². The Balaban J connectivity index is 2.96. The summed E-state index contributed by atoms with van der Waals surface area (Å²) in [6, 6.07) is 0. The molecule has 0 amide bonds. The summed E-state index contributed by atoms with van der Waals surface area (Å²) in [7, 11) is 0. The maximum absolute atomic E-state index is 9.46. The summed E-state index contributed by atoms with van der Waals surface area (Å²) in [6.45, 7) is 0. The Morgan fingerprint density at radius 3 is 3.00 bits per heavy atom. The van der Waals surface area contributed by atoms with Gasteiger partial charge in [0, 0.05) is 5.27 Å². The SMILES string of the molecule is O=Nc1conn1. The highest BCUT2D eigenvalue weighted by molar-refractivity contribution is 5.15. The predicted molar refractivity (Wildman–Crippen MR) is 19.8 cm³/mol. The molecule has 1 rings (SSSR count). The van der Waals surface area contributed by atoms with E-state index in [2.05, 4.69) is 20.1 Å². The highest BCUT2D eigenvalue weighted by atomic mass is 16.5. The van der Waals surface area contributed by atoms with Gasteiger partial charge in [0.15, 0.2) is 6.26 Å². The fraction of sp³-hybridized carbons (Fsp3) is 0. The third-order valence-corrected chi connectivity index (χ3v) is 0.442. The molecule has 0 bridgehead atoms. The van der Waals surface area contributed by atoms with E-state index in [1.807, 2.05) is 0 Å². The zero-order valence-corrected chi connectivity index (χ0v) is 3.24. The third-order valence-electron chi connectivity index (χ3n) is 0.442. The van der Waals surface area contributed by atoms with Gasteiger partial charge in [0.1, 0.15) is 0 Å². The Bertz CT molecular complexity index is 146. The molecule has 7 heavy (non-hydrogen) atoms. The minimum absolute atomic E-state index is 0.0278. The molecule has 0 saturated heterocycles. The molecule has 36 valence electrons. The van der Waals surface area contributed by atoms with Crippen LogP contribution in [0.15, 0.2) is 16.0 Å².